The standard InChI is InChI=1S/C9H20N4O2/c1-9(2,8(11)14)6-12-5-3-4-7(10)13-15/h12,15H,3-6H2,1-2H3,(H2,10,13)(H2,11,14). The largest absolute Gasteiger partial charge is 0.409 e. The maximum absolute atomic E-state index is 10.9. The molecule has 0 aromatic carbocycles. The first kappa shape index (κ1) is 13.7. The highest BCUT2D eigenvalue weighted by Crippen LogP contribution is 2.11. The third-order valence-corrected chi connectivity index (χ3v) is 2.15. The first-order chi connectivity index (χ1) is 6.90. The minimum Gasteiger partial charge on any atom is -0.409 e. The van der Waals surface area contributed by atoms with E-state index in [1.165, 1.54) is 0 Å². The van der Waals surface area contributed by atoms with Gasteiger partial charge in [0.15, 0.2) is 0 Å². The molecule has 6 N–H and O–H groups in total. The molecule has 0 spiro atoms. The Kier molecular flexibility index (Phi) is 5.69. The van der Waals surface area contributed by atoms with Crippen molar-refractivity contribution in [1.82, 2.24) is 5.32 Å². The second-order valence-corrected chi connectivity index (χ2v) is 4.12. The van der Waals surface area contributed by atoms with Crippen molar-refractivity contribution in [2.75, 3.05) is 13.1 Å². The number of oxime groups is 1. The number of rotatable bonds is 7. The zero-order valence-electron chi connectivity index (χ0n) is 9.29. The molecule has 15 heavy (non-hydrogen) atoms. The summed E-state index contributed by atoms with van der Waals surface area (Å²) in [5, 5.41) is 14.2. The Bertz CT molecular complexity index is 238. The fourth-order valence-corrected chi connectivity index (χ4v) is 0.933. The lowest BCUT2D eigenvalue weighted by atomic mass is 9.93. The Balaban J connectivity index is 3.59. The van der Waals surface area contributed by atoms with Crippen molar-refractivity contribution < 1.29 is 10.0 Å². The van der Waals surface area contributed by atoms with E-state index in [2.05, 4.69) is 10.5 Å². The first-order valence-corrected chi connectivity index (χ1v) is 4.87. The summed E-state index contributed by atoms with van der Waals surface area (Å²) < 4.78 is 0. The molecule has 0 heterocycles. The molecule has 0 aliphatic carbocycles. The lowest BCUT2D eigenvalue weighted by molar-refractivity contribution is -0.125. The van der Waals surface area contributed by atoms with Crippen LogP contribution in [0.3, 0.4) is 0 Å². The minimum absolute atomic E-state index is 0.214. The molecule has 0 saturated carbocycles. The molecular formula is C9H20N4O2. The Hall–Kier alpha value is -1.30. The number of hydrogen-bond donors (Lipinski definition) is 4. The highest BCUT2D eigenvalue weighted by Gasteiger charge is 2.23. The van der Waals surface area contributed by atoms with E-state index >= 15 is 0 Å². The monoisotopic (exact) mass is 216 g/mol. The summed E-state index contributed by atoms with van der Waals surface area (Å²) in [6, 6.07) is 0. The van der Waals surface area contributed by atoms with Gasteiger partial charge in [0.25, 0.3) is 0 Å². The van der Waals surface area contributed by atoms with Crippen LogP contribution in [0.2, 0.25) is 0 Å². The number of primary amides is 1. The topological polar surface area (TPSA) is 114 Å². The van der Waals surface area contributed by atoms with Gasteiger partial charge in [0, 0.05) is 13.0 Å². The van der Waals surface area contributed by atoms with Crippen LogP contribution in [0.1, 0.15) is 26.7 Å². The number of amidine groups is 1. The van der Waals surface area contributed by atoms with Gasteiger partial charge in [-0.1, -0.05) is 5.16 Å². The summed E-state index contributed by atoms with van der Waals surface area (Å²) in [5.74, 6) is -0.114. The van der Waals surface area contributed by atoms with Crippen LogP contribution in [-0.4, -0.2) is 30.0 Å². The van der Waals surface area contributed by atoms with Gasteiger partial charge >= 0.3 is 0 Å². The average Bonchev–Trinajstić information content (AvgIpc) is 2.16. The van der Waals surface area contributed by atoms with Crippen LogP contribution >= 0.6 is 0 Å². The average molecular weight is 216 g/mol. The fourth-order valence-electron chi connectivity index (χ4n) is 0.933. The van der Waals surface area contributed by atoms with Gasteiger partial charge in [-0.15, -0.1) is 0 Å². The molecule has 1 amide bonds. The third kappa shape index (κ3) is 5.90. The molecule has 0 aromatic heterocycles. The predicted octanol–water partition coefficient (Wildman–Crippen LogP) is -0.386. The van der Waals surface area contributed by atoms with Crippen LogP contribution in [0.4, 0.5) is 0 Å². The van der Waals surface area contributed by atoms with Crippen LogP contribution < -0.4 is 16.8 Å². The molecule has 0 aliphatic rings. The predicted molar refractivity (Wildman–Crippen MR) is 58.5 cm³/mol. The molecule has 0 bridgehead atoms. The summed E-state index contributed by atoms with van der Waals surface area (Å²) in [6.07, 6.45) is 1.28. The van der Waals surface area contributed by atoms with Crippen molar-refractivity contribution in [3.63, 3.8) is 0 Å². The second kappa shape index (κ2) is 6.23. The van der Waals surface area contributed by atoms with Gasteiger partial charge in [-0.25, -0.2) is 0 Å². The van der Waals surface area contributed by atoms with Crippen LogP contribution in [0.5, 0.6) is 0 Å². The highest BCUT2D eigenvalue weighted by molar-refractivity contribution is 5.80. The number of nitrogens with zero attached hydrogens (tertiary/aromatic N) is 1. The molecule has 0 radical (unpaired) electrons. The molecule has 0 fully saturated rings. The van der Waals surface area contributed by atoms with Crippen LogP contribution in [0.15, 0.2) is 5.16 Å². The Labute approximate surface area is 89.7 Å². The number of amides is 1. The fraction of sp³-hybridized carbons (Fsp3) is 0.778. The first-order valence-electron chi connectivity index (χ1n) is 4.87. The van der Waals surface area contributed by atoms with Crippen molar-refractivity contribution in [2.45, 2.75) is 26.7 Å². The van der Waals surface area contributed by atoms with E-state index < -0.39 is 5.41 Å². The third-order valence-electron chi connectivity index (χ3n) is 2.15. The van der Waals surface area contributed by atoms with E-state index in [0.717, 1.165) is 6.42 Å². The van der Waals surface area contributed by atoms with E-state index in [-0.39, 0.29) is 11.7 Å². The van der Waals surface area contributed by atoms with Gasteiger partial charge in [-0.3, -0.25) is 4.79 Å². The molecule has 0 unspecified atom stereocenters. The van der Waals surface area contributed by atoms with Gasteiger partial charge in [0.2, 0.25) is 5.91 Å². The van der Waals surface area contributed by atoms with Crippen LogP contribution in [-0.2, 0) is 4.79 Å². The molecule has 0 atom stereocenters. The lowest BCUT2D eigenvalue weighted by Crippen LogP contribution is -2.40. The molecular weight excluding hydrogens is 196 g/mol. The zero-order valence-corrected chi connectivity index (χ0v) is 9.29. The number of carbonyl (C=O) groups excluding carboxylic acids is 1. The van der Waals surface area contributed by atoms with Crippen LogP contribution in [0.25, 0.3) is 0 Å². The smallest absolute Gasteiger partial charge is 0.224 e. The minimum atomic E-state index is -0.545. The van der Waals surface area contributed by atoms with Gasteiger partial charge in [-0.05, 0) is 26.8 Å². The van der Waals surface area contributed by atoms with Gasteiger partial charge in [-0.2, -0.15) is 0 Å². The van der Waals surface area contributed by atoms with E-state index in [1.807, 2.05) is 0 Å². The normalized spacial score (nSPS) is 12.8. The second-order valence-electron chi connectivity index (χ2n) is 4.12. The van der Waals surface area contributed by atoms with Crippen molar-refractivity contribution in [3.05, 3.63) is 0 Å². The molecule has 88 valence electrons. The Morgan fingerprint density at radius 2 is 2.07 bits per heavy atom. The van der Waals surface area contributed by atoms with Crippen molar-refractivity contribution >= 4 is 11.7 Å². The number of nitrogens with one attached hydrogen (secondary N) is 1. The SMILES string of the molecule is CC(C)(CNCCCC(N)=NO)C(N)=O. The van der Waals surface area contributed by atoms with Crippen molar-refractivity contribution in [1.29, 1.82) is 0 Å². The quantitative estimate of drug-likeness (QED) is 0.153. The summed E-state index contributed by atoms with van der Waals surface area (Å²) >= 11 is 0. The zero-order chi connectivity index (χ0) is 11.9. The summed E-state index contributed by atoms with van der Waals surface area (Å²) in [5.41, 5.74) is 9.95. The summed E-state index contributed by atoms with van der Waals surface area (Å²) in [6.45, 7) is 4.79. The Morgan fingerprint density at radius 1 is 1.47 bits per heavy atom. The maximum Gasteiger partial charge on any atom is 0.224 e. The van der Waals surface area contributed by atoms with E-state index in [4.69, 9.17) is 16.7 Å². The number of nitrogens with two attached hydrogens (primary N) is 2. The van der Waals surface area contributed by atoms with Gasteiger partial charge in [0.1, 0.15) is 5.84 Å². The summed E-state index contributed by atoms with van der Waals surface area (Å²) in [4.78, 5) is 10.9. The molecule has 0 aromatic rings. The van der Waals surface area contributed by atoms with Crippen molar-refractivity contribution in [3.8, 4) is 0 Å². The molecule has 0 saturated heterocycles. The highest BCUT2D eigenvalue weighted by atomic mass is 16.4. The van der Waals surface area contributed by atoms with E-state index in [9.17, 15) is 4.79 Å². The number of carbonyl (C=O) groups is 1. The Morgan fingerprint density at radius 3 is 2.53 bits per heavy atom. The molecule has 6 heteroatoms. The molecule has 6 nitrogen and oxygen atoms in total. The molecule has 0 aliphatic heterocycles. The molecule has 0 rings (SSSR count). The lowest BCUT2D eigenvalue weighted by Gasteiger charge is -2.20. The van der Waals surface area contributed by atoms with Gasteiger partial charge in [0.05, 0.1) is 5.41 Å². The van der Waals surface area contributed by atoms with E-state index in [0.29, 0.717) is 19.5 Å². The van der Waals surface area contributed by atoms with Crippen LogP contribution in [0, 0.1) is 5.41 Å². The number of hydrogen-bond acceptors (Lipinski definition) is 4. The van der Waals surface area contributed by atoms with Gasteiger partial charge < -0.3 is 22.0 Å². The maximum atomic E-state index is 10.9. The van der Waals surface area contributed by atoms with E-state index in [1.54, 1.807) is 13.8 Å². The summed E-state index contributed by atoms with van der Waals surface area (Å²) in [7, 11) is 0. The van der Waals surface area contributed by atoms with Crippen molar-refractivity contribution in [2.24, 2.45) is 22.0 Å².